The average molecular weight is 459 g/mol. The van der Waals surface area contributed by atoms with Gasteiger partial charge in [0, 0.05) is 30.7 Å². The maximum absolute atomic E-state index is 12.8. The van der Waals surface area contributed by atoms with E-state index in [1.54, 1.807) is 0 Å². The Morgan fingerprint density at radius 1 is 0.853 bits per heavy atom. The molecule has 5 heteroatoms. The second-order valence-electron chi connectivity index (χ2n) is 9.42. The number of carbonyl (C=O) groups excluding carboxylic acids is 1. The number of para-hydroxylation sites is 2. The highest BCUT2D eigenvalue weighted by Crippen LogP contribution is 2.36. The van der Waals surface area contributed by atoms with E-state index in [0.717, 1.165) is 66.8 Å². The van der Waals surface area contributed by atoms with Crippen LogP contribution < -0.4 is 9.47 Å². The van der Waals surface area contributed by atoms with Crippen molar-refractivity contribution >= 4 is 6.16 Å². The normalized spacial score (nSPS) is 23.3. The third-order valence-electron chi connectivity index (χ3n) is 7.24. The molecule has 1 atom stereocenters. The smallest absolute Gasteiger partial charge is 0.493 e. The van der Waals surface area contributed by atoms with E-state index in [-0.39, 0.29) is 6.10 Å². The third-order valence-corrected chi connectivity index (χ3v) is 7.24. The molecule has 0 radical (unpaired) electrons. The first-order chi connectivity index (χ1) is 16.7. The predicted octanol–water partition coefficient (Wildman–Crippen LogP) is 5.95. The van der Waals surface area contributed by atoms with Gasteiger partial charge in [-0.25, -0.2) is 4.79 Å². The van der Waals surface area contributed by atoms with Gasteiger partial charge in [0.15, 0.2) is 6.10 Å². The standard InChI is InChI=1S/C29H32NO4/c31-29(33-27-15-8-7-14-26(27)23-10-3-1-4-11-23)34-28-22-30(19-16-24(28)17-20-30)18-9-21-32-25-12-5-2-6-13-25/h1-8,10-15,24,28H,9,16-22H2/q+1. The number of nitrogens with zero attached hydrogens (tertiary/aromatic N) is 1. The van der Waals surface area contributed by atoms with E-state index in [0.29, 0.717) is 18.3 Å². The van der Waals surface area contributed by atoms with Gasteiger partial charge in [0.05, 0.1) is 26.2 Å². The van der Waals surface area contributed by atoms with Gasteiger partial charge in [-0.15, -0.1) is 0 Å². The number of benzene rings is 3. The molecule has 1 unspecified atom stereocenters. The van der Waals surface area contributed by atoms with Gasteiger partial charge in [-0.1, -0.05) is 66.7 Å². The number of piperidine rings is 3. The van der Waals surface area contributed by atoms with Crippen LogP contribution in [0.5, 0.6) is 11.5 Å². The SMILES string of the molecule is O=C(Oc1ccccc1-c1ccccc1)OC1C[N+]2(CCCOc3ccccc3)CCC1CC2. The second kappa shape index (κ2) is 10.3. The summed E-state index contributed by atoms with van der Waals surface area (Å²) >= 11 is 0. The van der Waals surface area contributed by atoms with Crippen molar-refractivity contribution in [1.82, 2.24) is 0 Å². The molecule has 5 nitrogen and oxygen atoms in total. The van der Waals surface area contributed by atoms with Crippen LogP contribution in [-0.4, -0.2) is 49.5 Å². The summed E-state index contributed by atoms with van der Waals surface area (Å²) in [7, 11) is 0. The van der Waals surface area contributed by atoms with Crippen LogP contribution in [0.3, 0.4) is 0 Å². The summed E-state index contributed by atoms with van der Waals surface area (Å²) in [4.78, 5) is 12.8. The van der Waals surface area contributed by atoms with Crippen molar-refractivity contribution in [3.8, 4) is 22.6 Å². The van der Waals surface area contributed by atoms with Gasteiger partial charge in [0.1, 0.15) is 18.0 Å². The molecule has 3 aromatic rings. The Labute approximate surface area is 201 Å². The molecule has 0 amide bonds. The lowest BCUT2D eigenvalue weighted by molar-refractivity contribution is -0.946. The van der Waals surface area contributed by atoms with Crippen LogP contribution in [0.1, 0.15) is 19.3 Å². The van der Waals surface area contributed by atoms with Crippen LogP contribution in [0.2, 0.25) is 0 Å². The first kappa shape index (κ1) is 22.5. The molecule has 3 aliphatic rings. The molecule has 3 heterocycles. The number of fused-ring (bicyclic) bond motifs is 3. The molecule has 0 aliphatic carbocycles. The highest BCUT2D eigenvalue weighted by molar-refractivity contribution is 5.74. The molecule has 6 rings (SSSR count). The molecule has 0 saturated carbocycles. The Balaban J connectivity index is 1.17. The monoisotopic (exact) mass is 458 g/mol. The van der Waals surface area contributed by atoms with E-state index in [9.17, 15) is 4.79 Å². The average Bonchev–Trinajstić information content (AvgIpc) is 2.89. The maximum Gasteiger partial charge on any atom is 0.514 e. The molecular formula is C29H32NO4+. The summed E-state index contributed by atoms with van der Waals surface area (Å²) in [5.41, 5.74) is 1.90. The zero-order valence-electron chi connectivity index (χ0n) is 19.5. The van der Waals surface area contributed by atoms with Crippen molar-refractivity contribution in [1.29, 1.82) is 0 Å². The zero-order valence-corrected chi connectivity index (χ0v) is 19.5. The minimum absolute atomic E-state index is 0.0890. The van der Waals surface area contributed by atoms with Gasteiger partial charge in [-0.3, -0.25) is 0 Å². The van der Waals surface area contributed by atoms with Gasteiger partial charge in [-0.05, 0) is 23.8 Å². The quantitative estimate of drug-likeness (QED) is 0.181. The summed E-state index contributed by atoms with van der Waals surface area (Å²) in [6.45, 7) is 4.93. The Morgan fingerprint density at radius 3 is 2.29 bits per heavy atom. The maximum atomic E-state index is 12.8. The molecule has 3 aliphatic heterocycles. The summed E-state index contributed by atoms with van der Waals surface area (Å²) in [5.74, 6) is 1.87. The first-order valence-corrected chi connectivity index (χ1v) is 12.3. The Hall–Kier alpha value is -3.31. The topological polar surface area (TPSA) is 44.8 Å². The largest absolute Gasteiger partial charge is 0.514 e. The number of hydrogen-bond acceptors (Lipinski definition) is 4. The van der Waals surface area contributed by atoms with Gasteiger partial charge < -0.3 is 18.7 Å². The number of carbonyl (C=O) groups is 1. The lowest BCUT2D eigenvalue weighted by atomic mass is 9.83. The highest BCUT2D eigenvalue weighted by Gasteiger charge is 2.47. The minimum Gasteiger partial charge on any atom is -0.493 e. The number of hydrogen-bond donors (Lipinski definition) is 0. The molecule has 3 fully saturated rings. The molecule has 34 heavy (non-hydrogen) atoms. The van der Waals surface area contributed by atoms with Crippen LogP contribution in [0, 0.1) is 5.92 Å². The van der Waals surface area contributed by atoms with E-state index >= 15 is 0 Å². The van der Waals surface area contributed by atoms with Crippen LogP contribution in [0.25, 0.3) is 11.1 Å². The fourth-order valence-electron chi connectivity index (χ4n) is 5.43. The van der Waals surface area contributed by atoms with Gasteiger partial charge >= 0.3 is 6.16 Å². The summed E-state index contributed by atoms with van der Waals surface area (Å²) in [6, 6.07) is 27.5. The van der Waals surface area contributed by atoms with Crippen molar-refractivity contribution in [3.05, 3.63) is 84.9 Å². The van der Waals surface area contributed by atoms with Crippen molar-refractivity contribution in [2.24, 2.45) is 5.92 Å². The fraction of sp³-hybridized carbons (Fsp3) is 0.345. The number of ether oxygens (including phenoxy) is 3. The molecule has 0 N–H and O–H groups in total. The van der Waals surface area contributed by atoms with Crippen molar-refractivity contribution in [2.45, 2.75) is 25.4 Å². The molecule has 2 bridgehead atoms. The van der Waals surface area contributed by atoms with Gasteiger partial charge in [0.25, 0.3) is 0 Å². The van der Waals surface area contributed by atoms with Crippen LogP contribution in [0.15, 0.2) is 84.9 Å². The zero-order chi connectivity index (χ0) is 23.2. The lowest BCUT2D eigenvalue weighted by Gasteiger charge is -2.51. The molecule has 0 aromatic heterocycles. The Morgan fingerprint density at radius 2 is 1.53 bits per heavy atom. The molecule has 3 aromatic carbocycles. The minimum atomic E-state index is -0.604. The fourth-order valence-corrected chi connectivity index (χ4v) is 5.43. The van der Waals surface area contributed by atoms with Crippen molar-refractivity contribution in [3.63, 3.8) is 0 Å². The Bertz CT molecular complexity index is 1080. The van der Waals surface area contributed by atoms with E-state index in [1.165, 1.54) is 0 Å². The molecule has 0 spiro atoms. The van der Waals surface area contributed by atoms with Crippen LogP contribution in [-0.2, 0) is 4.74 Å². The van der Waals surface area contributed by atoms with E-state index in [1.807, 2.05) is 84.9 Å². The number of rotatable bonds is 8. The first-order valence-electron chi connectivity index (χ1n) is 12.3. The van der Waals surface area contributed by atoms with Crippen molar-refractivity contribution < 1.29 is 23.5 Å². The number of quaternary nitrogens is 1. The van der Waals surface area contributed by atoms with E-state index < -0.39 is 6.16 Å². The summed E-state index contributed by atoms with van der Waals surface area (Å²) in [5, 5.41) is 0. The Kier molecular flexibility index (Phi) is 6.82. The van der Waals surface area contributed by atoms with E-state index in [2.05, 4.69) is 0 Å². The van der Waals surface area contributed by atoms with E-state index in [4.69, 9.17) is 14.2 Å². The summed E-state index contributed by atoms with van der Waals surface area (Å²) < 4.78 is 18.5. The highest BCUT2D eigenvalue weighted by atomic mass is 16.7. The van der Waals surface area contributed by atoms with Crippen LogP contribution >= 0.6 is 0 Å². The van der Waals surface area contributed by atoms with Crippen molar-refractivity contribution in [2.75, 3.05) is 32.8 Å². The molecule has 3 saturated heterocycles. The second-order valence-corrected chi connectivity index (χ2v) is 9.42. The lowest BCUT2D eigenvalue weighted by Crippen LogP contribution is -2.64. The van der Waals surface area contributed by atoms with Crippen LogP contribution in [0.4, 0.5) is 4.79 Å². The molecule has 176 valence electrons. The van der Waals surface area contributed by atoms with Gasteiger partial charge in [-0.2, -0.15) is 0 Å². The molecular weight excluding hydrogens is 426 g/mol. The predicted molar refractivity (Wildman–Crippen MR) is 132 cm³/mol. The van der Waals surface area contributed by atoms with Gasteiger partial charge in [0.2, 0.25) is 0 Å². The summed E-state index contributed by atoms with van der Waals surface area (Å²) in [6.07, 6.45) is 2.48. The third kappa shape index (κ3) is 5.26.